The maximum absolute atomic E-state index is 6.34. The van der Waals surface area contributed by atoms with Gasteiger partial charge in [-0.1, -0.05) is 26.3 Å². The van der Waals surface area contributed by atoms with Gasteiger partial charge in [0, 0.05) is 18.5 Å². The Balaban J connectivity index is 2.53. The standard InChI is InChI=1S/C16H31NO3Si2/c1-7-10-16(8-2)19-22(5,6)20-21(3,4)18-14-15-11-9-12-17-13-15/h9,11-13,16H,7-8,10,14H2,1-6H3. The van der Waals surface area contributed by atoms with E-state index in [0.717, 1.165) is 24.8 Å². The third kappa shape index (κ3) is 7.64. The molecule has 1 aromatic heterocycles. The first-order chi connectivity index (χ1) is 10.3. The number of hydrogen-bond donors (Lipinski definition) is 0. The SMILES string of the molecule is CCCC(CC)O[Si](C)(C)O[Si](C)(C)OCc1cccnc1. The van der Waals surface area contributed by atoms with Gasteiger partial charge in [0.2, 0.25) is 0 Å². The lowest BCUT2D eigenvalue weighted by Crippen LogP contribution is -2.49. The summed E-state index contributed by atoms with van der Waals surface area (Å²) in [6.07, 6.45) is 7.17. The van der Waals surface area contributed by atoms with Gasteiger partial charge in [-0.3, -0.25) is 4.98 Å². The van der Waals surface area contributed by atoms with E-state index in [-0.39, 0.29) is 0 Å². The fourth-order valence-corrected chi connectivity index (χ4v) is 9.22. The topological polar surface area (TPSA) is 40.6 Å². The normalized spacial score (nSPS) is 14.1. The van der Waals surface area contributed by atoms with Crippen LogP contribution in [0.25, 0.3) is 0 Å². The van der Waals surface area contributed by atoms with E-state index < -0.39 is 17.1 Å². The van der Waals surface area contributed by atoms with Crippen molar-refractivity contribution in [1.82, 2.24) is 4.98 Å². The van der Waals surface area contributed by atoms with E-state index in [1.165, 1.54) is 0 Å². The van der Waals surface area contributed by atoms with Crippen LogP contribution >= 0.6 is 0 Å². The molecule has 1 heterocycles. The first kappa shape index (κ1) is 19.5. The minimum Gasteiger partial charge on any atom is -0.415 e. The predicted molar refractivity (Wildman–Crippen MR) is 95.1 cm³/mol. The zero-order chi connectivity index (χ0) is 16.6. The molecular formula is C16H31NO3Si2. The molecule has 1 rings (SSSR count). The second-order valence-electron chi connectivity index (χ2n) is 6.49. The molecule has 0 saturated carbocycles. The molecule has 1 aromatic rings. The van der Waals surface area contributed by atoms with Gasteiger partial charge >= 0.3 is 17.1 Å². The highest BCUT2D eigenvalue weighted by molar-refractivity contribution is 6.78. The van der Waals surface area contributed by atoms with Crippen molar-refractivity contribution in [1.29, 1.82) is 0 Å². The maximum atomic E-state index is 6.34. The molecule has 22 heavy (non-hydrogen) atoms. The number of pyridine rings is 1. The van der Waals surface area contributed by atoms with Crippen LogP contribution in [0.5, 0.6) is 0 Å². The minimum absolute atomic E-state index is 0.301. The summed E-state index contributed by atoms with van der Waals surface area (Å²) in [6, 6.07) is 3.94. The third-order valence-corrected chi connectivity index (χ3v) is 8.99. The van der Waals surface area contributed by atoms with Crippen molar-refractivity contribution in [2.75, 3.05) is 0 Å². The molecule has 0 aliphatic rings. The number of aromatic nitrogens is 1. The van der Waals surface area contributed by atoms with Crippen molar-refractivity contribution in [2.24, 2.45) is 0 Å². The molecule has 0 fully saturated rings. The third-order valence-electron chi connectivity index (χ3n) is 3.32. The van der Waals surface area contributed by atoms with Gasteiger partial charge in [-0.15, -0.1) is 0 Å². The lowest BCUT2D eigenvalue weighted by atomic mass is 10.2. The van der Waals surface area contributed by atoms with E-state index in [9.17, 15) is 0 Å². The van der Waals surface area contributed by atoms with Crippen LogP contribution < -0.4 is 0 Å². The number of hydrogen-bond acceptors (Lipinski definition) is 4. The van der Waals surface area contributed by atoms with Gasteiger partial charge in [-0.25, -0.2) is 0 Å². The lowest BCUT2D eigenvalue weighted by molar-refractivity contribution is 0.127. The van der Waals surface area contributed by atoms with Crippen LogP contribution in [0.15, 0.2) is 24.5 Å². The molecule has 0 radical (unpaired) electrons. The van der Waals surface area contributed by atoms with Gasteiger partial charge in [0.25, 0.3) is 0 Å². The molecule has 4 nitrogen and oxygen atoms in total. The summed E-state index contributed by atoms with van der Waals surface area (Å²) in [5.41, 5.74) is 1.07. The summed E-state index contributed by atoms with van der Waals surface area (Å²) >= 11 is 0. The Bertz CT molecular complexity index is 427. The van der Waals surface area contributed by atoms with Crippen molar-refractivity contribution in [3.63, 3.8) is 0 Å². The molecule has 126 valence electrons. The molecule has 0 aromatic carbocycles. The largest absolute Gasteiger partial charge is 0.415 e. The summed E-state index contributed by atoms with van der Waals surface area (Å²) in [7, 11) is -4.39. The Kier molecular flexibility index (Phi) is 7.92. The Hall–Kier alpha value is -0.536. The summed E-state index contributed by atoms with van der Waals surface area (Å²) < 4.78 is 18.7. The quantitative estimate of drug-likeness (QED) is 0.583. The summed E-state index contributed by atoms with van der Waals surface area (Å²) in [5, 5.41) is 0. The van der Waals surface area contributed by atoms with Crippen molar-refractivity contribution in [3.8, 4) is 0 Å². The molecule has 0 aliphatic heterocycles. The number of rotatable bonds is 10. The highest BCUT2D eigenvalue weighted by Crippen LogP contribution is 2.21. The van der Waals surface area contributed by atoms with Crippen LogP contribution in [0.1, 0.15) is 38.7 Å². The van der Waals surface area contributed by atoms with Crippen LogP contribution in [0, 0.1) is 0 Å². The molecule has 0 N–H and O–H groups in total. The van der Waals surface area contributed by atoms with Gasteiger partial charge in [-0.05, 0) is 50.7 Å². The van der Waals surface area contributed by atoms with Crippen molar-refractivity contribution < 1.29 is 13.0 Å². The minimum atomic E-state index is -2.22. The average molecular weight is 342 g/mol. The summed E-state index contributed by atoms with van der Waals surface area (Å²) in [4.78, 5) is 4.11. The van der Waals surface area contributed by atoms with Crippen LogP contribution in [-0.2, 0) is 19.6 Å². The first-order valence-electron chi connectivity index (χ1n) is 8.19. The van der Waals surface area contributed by atoms with E-state index in [2.05, 4.69) is 45.0 Å². The van der Waals surface area contributed by atoms with Crippen LogP contribution in [-0.4, -0.2) is 28.2 Å². The monoisotopic (exact) mass is 341 g/mol. The molecule has 0 bridgehead atoms. The molecular weight excluding hydrogens is 310 g/mol. The molecule has 1 atom stereocenters. The Morgan fingerprint density at radius 3 is 2.41 bits per heavy atom. The molecule has 1 unspecified atom stereocenters. The predicted octanol–water partition coefficient (Wildman–Crippen LogP) is 4.61. The molecule has 0 spiro atoms. The fourth-order valence-electron chi connectivity index (χ4n) is 2.46. The molecule has 0 amide bonds. The first-order valence-corrected chi connectivity index (χ1v) is 13.8. The number of nitrogens with zero attached hydrogens (tertiary/aromatic N) is 1. The smallest absolute Gasteiger partial charge is 0.323 e. The Labute approximate surface area is 137 Å². The second-order valence-corrected chi connectivity index (χ2v) is 13.4. The van der Waals surface area contributed by atoms with Crippen molar-refractivity contribution in [3.05, 3.63) is 30.1 Å². The lowest BCUT2D eigenvalue weighted by Gasteiger charge is -2.35. The highest BCUT2D eigenvalue weighted by atomic mass is 28.5. The van der Waals surface area contributed by atoms with Crippen molar-refractivity contribution in [2.45, 2.75) is 72.0 Å². The van der Waals surface area contributed by atoms with Crippen LogP contribution in [0.3, 0.4) is 0 Å². The van der Waals surface area contributed by atoms with Gasteiger partial charge in [-0.2, -0.15) is 0 Å². The summed E-state index contributed by atoms with van der Waals surface area (Å²) in [6.45, 7) is 13.3. The molecule has 6 heteroatoms. The van der Waals surface area contributed by atoms with Crippen LogP contribution in [0.4, 0.5) is 0 Å². The molecule has 0 aliphatic carbocycles. The van der Waals surface area contributed by atoms with Gasteiger partial charge in [0.15, 0.2) is 0 Å². The van der Waals surface area contributed by atoms with E-state index in [0.29, 0.717) is 12.7 Å². The zero-order valence-electron chi connectivity index (χ0n) is 14.9. The van der Waals surface area contributed by atoms with E-state index in [1.54, 1.807) is 6.20 Å². The van der Waals surface area contributed by atoms with Gasteiger partial charge < -0.3 is 13.0 Å². The molecule has 0 saturated heterocycles. The second kappa shape index (κ2) is 8.93. The van der Waals surface area contributed by atoms with Crippen LogP contribution in [0.2, 0.25) is 26.2 Å². The highest BCUT2D eigenvalue weighted by Gasteiger charge is 2.37. The zero-order valence-corrected chi connectivity index (χ0v) is 16.9. The average Bonchev–Trinajstić information content (AvgIpc) is 2.44. The van der Waals surface area contributed by atoms with Gasteiger partial charge in [0.1, 0.15) is 0 Å². The van der Waals surface area contributed by atoms with E-state index in [1.807, 2.05) is 18.3 Å². The van der Waals surface area contributed by atoms with Crippen molar-refractivity contribution >= 4 is 17.1 Å². The van der Waals surface area contributed by atoms with E-state index >= 15 is 0 Å². The fraction of sp³-hybridized carbons (Fsp3) is 0.688. The van der Waals surface area contributed by atoms with Gasteiger partial charge in [0.05, 0.1) is 6.61 Å². The van der Waals surface area contributed by atoms with E-state index in [4.69, 9.17) is 13.0 Å². The summed E-state index contributed by atoms with van der Waals surface area (Å²) in [5.74, 6) is 0. The maximum Gasteiger partial charge on any atom is 0.323 e. The Morgan fingerprint density at radius 2 is 1.86 bits per heavy atom. The Morgan fingerprint density at radius 1 is 1.14 bits per heavy atom.